The number of carboxylic acid groups (broad SMARTS) is 1. The van der Waals surface area contributed by atoms with Gasteiger partial charge in [0.2, 0.25) is 0 Å². The molecule has 1 aliphatic rings. The van der Waals surface area contributed by atoms with Gasteiger partial charge in [-0.15, -0.1) is 0 Å². The molecule has 0 saturated carbocycles. The van der Waals surface area contributed by atoms with Crippen molar-refractivity contribution in [2.75, 3.05) is 24.5 Å². The number of carboxylic acids is 1. The first-order valence-electron chi connectivity index (χ1n) is 10.0. The van der Waals surface area contributed by atoms with E-state index in [9.17, 15) is 32.3 Å². The van der Waals surface area contributed by atoms with E-state index in [1.54, 1.807) is 12.3 Å². The third-order valence-electron chi connectivity index (χ3n) is 5.60. The van der Waals surface area contributed by atoms with Crippen molar-refractivity contribution in [1.29, 1.82) is 0 Å². The molecule has 1 saturated heterocycles. The van der Waals surface area contributed by atoms with Gasteiger partial charge in [0.25, 0.3) is 5.91 Å². The Kier molecular flexibility index (Phi) is 5.88. The van der Waals surface area contributed by atoms with Gasteiger partial charge in [-0.25, -0.2) is 19.2 Å². The summed E-state index contributed by atoms with van der Waals surface area (Å²) in [4.78, 5) is 33.9. The molecule has 1 fully saturated rings. The van der Waals surface area contributed by atoms with Crippen LogP contribution in [0.2, 0.25) is 0 Å². The largest absolute Gasteiger partial charge is 0.478 e. The number of fused-ring (bicyclic) bond motifs is 1. The Bertz CT molecular complexity index is 1230. The lowest BCUT2D eigenvalue weighted by Crippen LogP contribution is -2.31. The van der Waals surface area contributed by atoms with Gasteiger partial charge in [0.15, 0.2) is 0 Å². The normalized spacial score (nSPS) is 16.2. The molecule has 0 spiro atoms. The van der Waals surface area contributed by atoms with Crippen LogP contribution < -0.4 is 10.2 Å². The number of halogens is 4. The average Bonchev–Trinajstić information content (AvgIpc) is 3.24. The first kappa shape index (κ1) is 22.4. The average molecular weight is 462 g/mol. The Balaban J connectivity index is 1.43. The molecule has 0 aliphatic carbocycles. The van der Waals surface area contributed by atoms with E-state index < -0.39 is 35.0 Å². The van der Waals surface area contributed by atoms with Crippen LogP contribution in [-0.2, 0) is 6.18 Å². The third kappa shape index (κ3) is 4.57. The van der Waals surface area contributed by atoms with Crippen LogP contribution in [0.4, 0.5) is 23.2 Å². The molecule has 11 heteroatoms. The highest BCUT2D eigenvalue weighted by Crippen LogP contribution is 2.32. The number of anilines is 1. The summed E-state index contributed by atoms with van der Waals surface area (Å²) in [5.74, 6) is -3.11. The molecule has 33 heavy (non-hydrogen) atoms. The fourth-order valence-electron chi connectivity index (χ4n) is 3.94. The summed E-state index contributed by atoms with van der Waals surface area (Å²) < 4.78 is 52.1. The van der Waals surface area contributed by atoms with Crippen molar-refractivity contribution in [1.82, 2.24) is 15.3 Å². The lowest BCUT2D eigenvalue weighted by Gasteiger charge is -2.21. The lowest BCUT2D eigenvalue weighted by atomic mass is 10.1. The van der Waals surface area contributed by atoms with Gasteiger partial charge in [0.05, 0.1) is 22.2 Å². The standard InChI is InChI=1S/C22H18F4N4O3/c23-17-7-13(22(24,25)26)1-2-14(17)20(31)28-8-12-5-6-30(10-12)18-4-3-15(21(32)33)19-16(18)9-27-11-29-19/h1-4,7,9,11-12H,5-6,8,10H2,(H,28,31)(H,32,33). The highest BCUT2D eigenvalue weighted by atomic mass is 19.4. The summed E-state index contributed by atoms with van der Waals surface area (Å²) in [6, 6.07) is 4.97. The maximum Gasteiger partial charge on any atom is 0.416 e. The second-order valence-corrected chi connectivity index (χ2v) is 7.73. The van der Waals surface area contributed by atoms with Crippen molar-refractivity contribution in [2.24, 2.45) is 5.92 Å². The molecule has 1 aliphatic heterocycles. The SMILES string of the molecule is O=C(NCC1CCN(c2ccc(C(=O)O)c3ncncc23)C1)c1ccc(C(F)(F)F)cc1F. The molecule has 3 aromatic rings. The minimum absolute atomic E-state index is 0.00490. The molecule has 1 atom stereocenters. The quantitative estimate of drug-likeness (QED) is 0.561. The number of aromatic carboxylic acids is 1. The number of carbonyl (C=O) groups excluding carboxylic acids is 1. The van der Waals surface area contributed by atoms with Gasteiger partial charge in [-0.2, -0.15) is 13.2 Å². The summed E-state index contributed by atoms with van der Waals surface area (Å²) in [5.41, 5.74) is -0.459. The predicted molar refractivity (Wildman–Crippen MR) is 111 cm³/mol. The monoisotopic (exact) mass is 462 g/mol. The van der Waals surface area contributed by atoms with Gasteiger partial charge in [-0.1, -0.05) is 0 Å². The molecule has 7 nitrogen and oxygen atoms in total. The number of hydrogen-bond acceptors (Lipinski definition) is 5. The van der Waals surface area contributed by atoms with Crippen LogP contribution in [0.1, 0.15) is 32.7 Å². The maximum atomic E-state index is 14.0. The summed E-state index contributed by atoms with van der Waals surface area (Å²) in [5, 5.41) is 12.6. The van der Waals surface area contributed by atoms with E-state index in [-0.39, 0.29) is 18.0 Å². The summed E-state index contributed by atoms with van der Waals surface area (Å²) in [6.07, 6.45) is -1.17. The maximum absolute atomic E-state index is 14.0. The zero-order chi connectivity index (χ0) is 23.8. The molecular formula is C22H18F4N4O3. The summed E-state index contributed by atoms with van der Waals surface area (Å²) >= 11 is 0. The number of rotatable bonds is 5. The van der Waals surface area contributed by atoms with Gasteiger partial charge < -0.3 is 15.3 Å². The predicted octanol–water partition coefficient (Wildman–Crippen LogP) is 3.74. The van der Waals surface area contributed by atoms with E-state index in [2.05, 4.69) is 15.3 Å². The smallest absolute Gasteiger partial charge is 0.416 e. The molecule has 0 bridgehead atoms. The molecule has 2 aromatic carbocycles. The fraction of sp³-hybridized carbons (Fsp3) is 0.273. The molecule has 2 heterocycles. The first-order valence-corrected chi connectivity index (χ1v) is 10.0. The third-order valence-corrected chi connectivity index (χ3v) is 5.60. The zero-order valence-electron chi connectivity index (χ0n) is 17.1. The molecule has 1 unspecified atom stereocenters. The van der Waals surface area contributed by atoms with E-state index in [1.165, 1.54) is 12.4 Å². The van der Waals surface area contributed by atoms with E-state index >= 15 is 0 Å². The number of benzene rings is 2. The van der Waals surface area contributed by atoms with Crippen molar-refractivity contribution >= 4 is 28.5 Å². The van der Waals surface area contributed by atoms with Crippen LogP contribution >= 0.6 is 0 Å². The van der Waals surface area contributed by atoms with E-state index in [4.69, 9.17) is 0 Å². The van der Waals surface area contributed by atoms with Crippen LogP contribution in [-0.4, -0.2) is 46.6 Å². The second-order valence-electron chi connectivity index (χ2n) is 7.73. The Morgan fingerprint density at radius 3 is 2.64 bits per heavy atom. The number of alkyl halides is 3. The van der Waals surface area contributed by atoms with Gasteiger partial charge in [0.1, 0.15) is 12.1 Å². The number of carbonyl (C=O) groups is 2. The van der Waals surface area contributed by atoms with Crippen molar-refractivity contribution in [3.05, 3.63) is 65.4 Å². The van der Waals surface area contributed by atoms with Gasteiger partial charge in [-0.3, -0.25) is 4.79 Å². The minimum Gasteiger partial charge on any atom is -0.478 e. The molecule has 1 amide bonds. The Hall–Kier alpha value is -3.76. The molecule has 4 rings (SSSR count). The van der Waals surface area contributed by atoms with Gasteiger partial charge >= 0.3 is 12.1 Å². The Morgan fingerprint density at radius 1 is 1.18 bits per heavy atom. The van der Waals surface area contributed by atoms with Crippen molar-refractivity contribution in [2.45, 2.75) is 12.6 Å². The number of nitrogens with zero attached hydrogens (tertiary/aromatic N) is 3. The van der Waals surface area contributed by atoms with E-state index in [0.717, 1.165) is 11.8 Å². The van der Waals surface area contributed by atoms with Crippen LogP contribution in [0.25, 0.3) is 10.9 Å². The molecule has 0 radical (unpaired) electrons. The molecule has 172 valence electrons. The van der Waals surface area contributed by atoms with E-state index in [1.807, 2.05) is 4.90 Å². The van der Waals surface area contributed by atoms with E-state index in [0.29, 0.717) is 42.5 Å². The van der Waals surface area contributed by atoms with Crippen LogP contribution in [0, 0.1) is 11.7 Å². The lowest BCUT2D eigenvalue weighted by molar-refractivity contribution is -0.137. The number of amides is 1. The second kappa shape index (κ2) is 8.64. The van der Waals surface area contributed by atoms with Crippen molar-refractivity contribution in [3.63, 3.8) is 0 Å². The first-order chi connectivity index (χ1) is 15.6. The molecular weight excluding hydrogens is 444 g/mol. The number of nitrogens with one attached hydrogen (secondary N) is 1. The van der Waals surface area contributed by atoms with Crippen LogP contribution in [0.3, 0.4) is 0 Å². The zero-order valence-corrected chi connectivity index (χ0v) is 17.1. The summed E-state index contributed by atoms with van der Waals surface area (Å²) in [7, 11) is 0. The van der Waals surface area contributed by atoms with Crippen molar-refractivity contribution in [3.8, 4) is 0 Å². The van der Waals surface area contributed by atoms with Gasteiger partial charge in [-0.05, 0) is 42.7 Å². The molecule has 1 aromatic heterocycles. The topological polar surface area (TPSA) is 95.4 Å². The number of hydrogen-bond donors (Lipinski definition) is 2. The fourth-order valence-corrected chi connectivity index (χ4v) is 3.94. The Morgan fingerprint density at radius 2 is 1.94 bits per heavy atom. The van der Waals surface area contributed by atoms with Crippen LogP contribution in [0.5, 0.6) is 0 Å². The Labute approximate surface area is 185 Å². The van der Waals surface area contributed by atoms with Crippen molar-refractivity contribution < 1.29 is 32.3 Å². The number of aromatic nitrogens is 2. The summed E-state index contributed by atoms with van der Waals surface area (Å²) in [6.45, 7) is 1.37. The minimum atomic E-state index is -4.69. The highest BCUT2D eigenvalue weighted by molar-refractivity contribution is 6.05. The van der Waals surface area contributed by atoms with Gasteiger partial charge in [0, 0.05) is 36.9 Å². The van der Waals surface area contributed by atoms with Crippen LogP contribution in [0.15, 0.2) is 42.9 Å². The molecule has 2 N–H and O–H groups in total. The highest BCUT2D eigenvalue weighted by Gasteiger charge is 2.32.